The van der Waals surface area contributed by atoms with Gasteiger partial charge in [0.15, 0.2) is 0 Å². The Morgan fingerprint density at radius 2 is 1.92 bits per heavy atom. The first-order valence-corrected chi connectivity index (χ1v) is 8.54. The molecule has 6 heteroatoms. The molecule has 1 aromatic carbocycles. The van der Waals surface area contributed by atoms with Crippen molar-refractivity contribution in [3.05, 3.63) is 47.9 Å². The van der Waals surface area contributed by atoms with Crippen LogP contribution in [0, 0.1) is 5.82 Å². The van der Waals surface area contributed by atoms with Crippen LogP contribution in [-0.2, 0) is 6.42 Å². The van der Waals surface area contributed by atoms with Gasteiger partial charge in [-0.25, -0.2) is 9.37 Å². The molecule has 2 aromatic rings. The van der Waals surface area contributed by atoms with E-state index in [-0.39, 0.29) is 5.82 Å². The van der Waals surface area contributed by atoms with E-state index < -0.39 is 0 Å². The van der Waals surface area contributed by atoms with Crippen LogP contribution in [0.1, 0.15) is 12.5 Å². The second-order valence-electron chi connectivity index (χ2n) is 5.93. The Morgan fingerprint density at radius 3 is 2.67 bits per heavy atom. The zero-order valence-electron chi connectivity index (χ0n) is 14.1. The molecule has 0 radical (unpaired) electrons. The number of hydrogen-bond donors (Lipinski definition) is 1. The van der Waals surface area contributed by atoms with Gasteiger partial charge >= 0.3 is 0 Å². The van der Waals surface area contributed by atoms with Crippen LogP contribution in [0.25, 0.3) is 0 Å². The molecular formula is C18H24FN5. The van der Waals surface area contributed by atoms with E-state index in [1.807, 2.05) is 18.2 Å². The molecule has 2 heterocycles. The van der Waals surface area contributed by atoms with Gasteiger partial charge in [0, 0.05) is 38.9 Å². The normalized spacial score (nSPS) is 15.5. The lowest BCUT2D eigenvalue weighted by atomic mass is 10.1. The zero-order valence-corrected chi connectivity index (χ0v) is 14.1. The summed E-state index contributed by atoms with van der Waals surface area (Å²) in [6, 6.07) is 8.80. The van der Waals surface area contributed by atoms with E-state index >= 15 is 0 Å². The first-order chi connectivity index (χ1) is 11.8. The Bertz CT molecular complexity index is 655. The maximum absolute atomic E-state index is 13.6. The molecule has 1 fully saturated rings. The molecule has 0 unspecified atom stereocenters. The molecule has 0 aliphatic carbocycles. The Balaban J connectivity index is 1.55. The molecule has 1 saturated heterocycles. The Hall–Kier alpha value is -2.21. The van der Waals surface area contributed by atoms with E-state index in [4.69, 9.17) is 0 Å². The quantitative estimate of drug-likeness (QED) is 0.882. The van der Waals surface area contributed by atoms with Gasteiger partial charge in [0.25, 0.3) is 0 Å². The standard InChI is InChI=1S/C18H24FN5/c1-2-23-11-13-24(14-12-23)17-8-10-21-18(22-17)20-9-7-15-5-3-4-6-16(15)19/h3-6,8,10H,2,7,9,11-14H2,1H3,(H,20,21,22). The highest BCUT2D eigenvalue weighted by Crippen LogP contribution is 2.15. The average Bonchev–Trinajstić information content (AvgIpc) is 2.64. The summed E-state index contributed by atoms with van der Waals surface area (Å²) in [6.07, 6.45) is 2.38. The van der Waals surface area contributed by atoms with E-state index in [0.717, 1.165) is 38.5 Å². The molecule has 3 rings (SSSR count). The van der Waals surface area contributed by atoms with Crippen molar-refractivity contribution in [3.63, 3.8) is 0 Å². The van der Waals surface area contributed by atoms with E-state index in [2.05, 4.69) is 32.0 Å². The lowest BCUT2D eigenvalue weighted by Gasteiger charge is -2.34. The highest BCUT2D eigenvalue weighted by atomic mass is 19.1. The maximum atomic E-state index is 13.6. The SMILES string of the molecule is CCN1CCN(c2ccnc(NCCc3ccccc3F)n2)CC1. The topological polar surface area (TPSA) is 44.3 Å². The number of rotatable bonds is 6. The number of halogens is 1. The summed E-state index contributed by atoms with van der Waals surface area (Å²) in [7, 11) is 0. The van der Waals surface area contributed by atoms with Gasteiger partial charge in [0.2, 0.25) is 5.95 Å². The zero-order chi connectivity index (χ0) is 16.8. The minimum absolute atomic E-state index is 0.164. The maximum Gasteiger partial charge on any atom is 0.224 e. The highest BCUT2D eigenvalue weighted by Gasteiger charge is 2.17. The number of likely N-dealkylation sites (N-methyl/N-ethyl adjacent to an activating group) is 1. The van der Waals surface area contributed by atoms with Crippen LogP contribution >= 0.6 is 0 Å². The lowest BCUT2D eigenvalue weighted by molar-refractivity contribution is 0.270. The Morgan fingerprint density at radius 1 is 1.12 bits per heavy atom. The van der Waals surface area contributed by atoms with Crippen LogP contribution in [0.3, 0.4) is 0 Å². The van der Waals surface area contributed by atoms with Crippen LogP contribution in [0.15, 0.2) is 36.5 Å². The average molecular weight is 329 g/mol. The number of anilines is 2. The summed E-state index contributed by atoms with van der Waals surface area (Å²) in [5.41, 5.74) is 0.705. The van der Waals surface area contributed by atoms with E-state index in [1.165, 1.54) is 6.07 Å². The fourth-order valence-corrected chi connectivity index (χ4v) is 2.91. The molecule has 0 amide bonds. The molecule has 0 saturated carbocycles. The molecule has 1 aromatic heterocycles. The fourth-order valence-electron chi connectivity index (χ4n) is 2.91. The summed E-state index contributed by atoms with van der Waals surface area (Å²) >= 11 is 0. The van der Waals surface area contributed by atoms with Crippen molar-refractivity contribution in [2.75, 3.05) is 49.5 Å². The third kappa shape index (κ3) is 4.20. The smallest absolute Gasteiger partial charge is 0.224 e. The summed E-state index contributed by atoms with van der Waals surface area (Å²) < 4.78 is 13.6. The number of piperazine rings is 1. The van der Waals surface area contributed by atoms with E-state index in [1.54, 1.807) is 12.3 Å². The van der Waals surface area contributed by atoms with Crippen LogP contribution in [0.5, 0.6) is 0 Å². The molecular weight excluding hydrogens is 305 g/mol. The van der Waals surface area contributed by atoms with Gasteiger partial charge in [-0.15, -0.1) is 0 Å². The number of nitrogens with zero attached hydrogens (tertiary/aromatic N) is 4. The monoisotopic (exact) mass is 329 g/mol. The van der Waals surface area contributed by atoms with Crippen molar-refractivity contribution in [2.45, 2.75) is 13.3 Å². The lowest BCUT2D eigenvalue weighted by Crippen LogP contribution is -2.46. The summed E-state index contributed by atoms with van der Waals surface area (Å²) in [6.45, 7) is 8.00. The van der Waals surface area contributed by atoms with Crippen LogP contribution in [0.2, 0.25) is 0 Å². The Labute approximate surface area is 142 Å². The van der Waals surface area contributed by atoms with E-state index in [9.17, 15) is 4.39 Å². The molecule has 1 aliphatic heterocycles. The third-order valence-electron chi connectivity index (χ3n) is 4.42. The molecule has 0 bridgehead atoms. The minimum atomic E-state index is -0.164. The number of nitrogens with one attached hydrogen (secondary N) is 1. The van der Waals surface area contributed by atoms with Crippen molar-refractivity contribution in [2.24, 2.45) is 0 Å². The fraction of sp³-hybridized carbons (Fsp3) is 0.444. The Kier molecular flexibility index (Phi) is 5.59. The van der Waals surface area contributed by atoms with Gasteiger partial charge in [-0.2, -0.15) is 4.98 Å². The van der Waals surface area contributed by atoms with Crippen molar-refractivity contribution < 1.29 is 4.39 Å². The highest BCUT2D eigenvalue weighted by molar-refractivity contribution is 5.43. The second-order valence-corrected chi connectivity index (χ2v) is 5.93. The molecule has 128 valence electrons. The van der Waals surface area contributed by atoms with Gasteiger partial charge in [0.05, 0.1) is 0 Å². The molecule has 0 spiro atoms. The van der Waals surface area contributed by atoms with Crippen LogP contribution in [-0.4, -0.2) is 54.1 Å². The van der Waals surface area contributed by atoms with Crippen LogP contribution < -0.4 is 10.2 Å². The number of hydrogen-bond acceptors (Lipinski definition) is 5. The molecule has 24 heavy (non-hydrogen) atoms. The summed E-state index contributed by atoms with van der Waals surface area (Å²) in [5, 5.41) is 3.19. The minimum Gasteiger partial charge on any atom is -0.354 e. The predicted molar refractivity (Wildman–Crippen MR) is 95.0 cm³/mol. The molecule has 1 aliphatic rings. The van der Waals surface area contributed by atoms with Gasteiger partial charge in [-0.1, -0.05) is 25.1 Å². The van der Waals surface area contributed by atoms with Gasteiger partial charge < -0.3 is 15.1 Å². The molecule has 0 atom stereocenters. The summed E-state index contributed by atoms with van der Waals surface area (Å²) in [5.74, 6) is 1.39. The van der Waals surface area contributed by atoms with Crippen molar-refractivity contribution in [1.82, 2.24) is 14.9 Å². The first-order valence-electron chi connectivity index (χ1n) is 8.54. The van der Waals surface area contributed by atoms with Gasteiger partial charge in [0.1, 0.15) is 11.6 Å². The van der Waals surface area contributed by atoms with Crippen molar-refractivity contribution >= 4 is 11.8 Å². The van der Waals surface area contributed by atoms with E-state index in [0.29, 0.717) is 24.5 Å². The van der Waals surface area contributed by atoms with Crippen molar-refractivity contribution in [1.29, 1.82) is 0 Å². The molecule has 5 nitrogen and oxygen atoms in total. The predicted octanol–water partition coefficient (Wildman–Crippen LogP) is 2.41. The first kappa shape index (κ1) is 16.6. The third-order valence-corrected chi connectivity index (χ3v) is 4.42. The number of benzene rings is 1. The summed E-state index contributed by atoms with van der Waals surface area (Å²) in [4.78, 5) is 13.6. The second kappa shape index (κ2) is 8.06. The van der Waals surface area contributed by atoms with Crippen molar-refractivity contribution in [3.8, 4) is 0 Å². The van der Waals surface area contributed by atoms with Gasteiger partial charge in [-0.3, -0.25) is 0 Å². The molecule has 1 N–H and O–H groups in total. The largest absolute Gasteiger partial charge is 0.354 e. The number of aromatic nitrogens is 2. The van der Waals surface area contributed by atoms with Gasteiger partial charge in [-0.05, 0) is 30.7 Å². The van der Waals surface area contributed by atoms with Crippen LogP contribution in [0.4, 0.5) is 16.2 Å².